The van der Waals surface area contributed by atoms with Crippen molar-refractivity contribution in [1.82, 2.24) is 5.32 Å². The van der Waals surface area contributed by atoms with Gasteiger partial charge in [0.2, 0.25) is 5.91 Å². The fraction of sp³-hybridized carbons (Fsp3) is 0.500. The number of nitrogens with one attached hydrogen (secondary N) is 2. The van der Waals surface area contributed by atoms with Gasteiger partial charge >= 0.3 is 0 Å². The SMILES string of the molecule is CCC1(C(=O)Nc2c(Cl)cccc2Cl)CCNCC1. The van der Waals surface area contributed by atoms with Crippen LogP contribution in [0, 0.1) is 5.41 Å². The topological polar surface area (TPSA) is 41.1 Å². The molecule has 1 saturated heterocycles. The number of anilines is 1. The van der Waals surface area contributed by atoms with Gasteiger partial charge in [-0.2, -0.15) is 0 Å². The molecule has 19 heavy (non-hydrogen) atoms. The smallest absolute Gasteiger partial charge is 0.230 e. The van der Waals surface area contributed by atoms with Crippen LogP contribution in [0.5, 0.6) is 0 Å². The van der Waals surface area contributed by atoms with Crippen LogP contribution in [-0.2, 0) is 4.79 Å². The Morgan fingerprint density at radius 3 is 2.42 bits per heavy atom. The highest BCUT2D eigenvalue weighted by Gasteiger charge is 2.38. The molecule has 1 aliphatic heterocycles. The summed E-state index contributed by atoms with van der Waals surface area (Å²) in [7, 11) is 0. The molecule has 1 aromatic rings. The second-order valence-corrected chi connectivity index (χ2v) is 5.75. The lowest BCUT2D eigenvalue weighted by Crippen LogP contribution is -2.44. The van der Waals surface area contributed by atoms with E-state index in [-0.39, 0.29) is 11.3 Å². The van der Waals surface area contributed by atoms with Gasteiger partial charge in [-0.15, -0.1) is 0 Å². The predicted octanol–water partition coefficient (Wildman–Crippen LogP) is 3.71. The molecule has 0 radical (unpaired) electrons. The molecular weight excluding hydrogens is 283 g/mol. The van der Waals surface area contributed by atoms with E-state index < -0.39 is 0 Å². The van der Waals surface area contributed by atoms with E-state index in [0.29, 0.717) is 15.7 Å². The molecule has 0 atom stereocenters. The summed E-state index contributed by atoms with van der Waals surface area (Å²) in [5.41, 5.74) is 0.204. The number of benzene rings is 1. The van der Waals surface area contributed by atoms with E-state index in [2.05, 4.69) is 17.6 Å². The van der Waals surface area contributed by atoms with Gasteiger partial charge in [0.05, 0.1) is 21.1 Å². The lowest BCUT2D eigenvalue weighted by Gasteiger charge is -2.35. The van der Waals surface area contributed by atoms with E-state index in [1.165, 1.54) is 0 Å². The zero-order valence-electron chi connectivity index (χ0n) is 10.9. The van der Waals surface area contributed by atoms with Crippen molar-refractivity contribution >= 4 is 34.8 Å². The third kappa shape index (κ3) is 3.04. The van der Waals surface area contributed by atoms with Crippen LogP contribution in [0.4, 0.5) is 5.69 Å². The van der Waals surface area contributed by atoms with Crippen molar-refractivity contribution in [3.8, 4) is 0 Å². The second-order valence-electron chi connectivity index (χ2n) is 4.93. The van der Waals surface area contributed by atoms with E-state index in [1.54, 1.807) is 18.2 Å². The Morgan fingerprint density at radius 1 is 1.32 bits per heavy atom. The molecule has 5 heteroatoms. The zero-order valence-corrected chi connectivity index (χ0v) is 12.4. The van der Waals surface area contributed by atoms with Crippen molar-refractivity contribution in [2.24, 2.45) is 5.41 Å². The van der Waals surface area contributed by atoms with E-state index in [0.717, 1.165) is 32.4 Å². The number of hydrogen-bond donors (Lipinski definition) is 2. The first-order chi connectivity index (χ1) is 9.09. The Hall–Kier alpha value is -0.770. The van der Waals surface area contributed by atoms with Crippen LogP contribution in [0.2, 0.25) is 10.0 Å². The van der Waals surface area contributed by atoms with E-state index in [4.69, 9.17) is 23.2 Å². The van der Waals surface area contributed by atoms with Gasteiger partial charge < -0.3 is 10.6 Å². The molecule has 1 aliphatic rings. The summed E-state index contributed by atoms with van der Waals surface area (Å²) in [6.07, 6.45) is 2.51. The fourth-order valence-electron chi connectivity index (χ4n) is 2.51. The van der Waals surface area contributed by atoms with E-state index in [1.807, 2.05) is 0 Å². The van der Waals surface area contributed by atoms with Gasteiger partial charge in [0.1, 0.15) is 0 Å². The van der Waals surface area contributed by atoms with Crippen molar-refractivity contribution in [1.29, 1.82) is 0 Å². The highest BCUT2D eigenvalue weighted by Crippen LogP contribution is 2.36. The van der Waals surface area contributed by atoms with Gasteiger partial charge in [-0.3, -0.25) is 4.79 Å². The number of carbonyl (C=O) groups excluding carboxylic acids is 1. The van der Waals surface area contributed by atoms with Gasteiger partial charge in [0.25, 0.3) is 0 Å². The Kier molecular flexibility index (Phi) is 4.71. The maximum Gasteiger partial charge on any atom is 0.230 e. The van der Waals surface area contributed by atoms with Gasteiger partial charge in [-0.1, -0.05) is 36.2 Å². The van der Waals surface area contributed by atoms with Crippen LogP contribution in [0.1, 0.15) is 26.2 Å². The predicted molar refractivity (Wildman–Crippen MR) is 79.9 cm³/mol. The number of rotatable bonds is 3. The first-order valence-corrected chi connectivity index (χ1v) is 7.31. The molecule has 2 rings (SSSR count). The second kappa shape index (κ2) is 6.12. The number of amides is 1. The monoisotopic (exact) mass is 300 g/mol. The number of para-hydroxylation sites is 1. The quantitative estimate of drug-likeness (QED) is 0.893. The standard InChI is InChI=1S/C14H18Cl2N2O/c1-2-14(6-8-17-9-7-14)13(19)18-12-10(15)4-3-5-11(12)16/h3-5,17H,2,6-9H2,1H3,(H,18,19). The summed E-state index contributed by atoms with van der Waals surface area (Å²) in [6, 6.07) is 5.22. The molecule has 3 nitrogen and oxygen atoms in total. The molecule has 0 saturated carbocycles. The Balaban J connectivity index is 2.20. The van der Waals surface area contributed by atoms with Crippen molar-refractivity contribution in [2.45, 2.75) is 26.2 Å². The molecule has 1 amide bonds. The summed E-state index contributed by atoms with van der Waals surface area (Å²) < 4.78 is 0. The summed E-state index contributed by atoms with van der Waals surface area (Å²) in [5, 5.41) is 7.14. The van der Waals surface area contributed by atoms with Crippen molar-refractivity contribution < 1.29 is 4.79 Å². The molecule has 104 valence electrons. The summed E-state index contributed by atoms with van der Waals surface area (Å²) in [6.45, 7) is 3.80. The first-order valence-electron chi connectivity index (χ1n) is 6.55. The Bertz CT molecular complexity index is 450. The van der Waals surface area contributed by atoms with Gasteiger partial charge in [0, 0.05) is 0 Å². The van der Waals surface area contributed by atoms with Crippen molar-refractivity contribution in [3.05, 3.63) is 28.2 Å². The Labute approximate surface area is 123 Å². The largest absolute Gasteiger partial charge is 0.323 e. The van der Waals surface area contributed by atoms with Crippen molar-refractivity contribution in [3.63, 3.8) is 0 Å². The molecule has 1 aromatic carbocycles. The molecule has 0 bridgehead atoms. The average Bonchev–Trinajstić information content (AvgIpc) is 2.43. The van der Waals surface area contributed by atoms with Gasteiger partial charge in [-0.25, -0.2) is 0 Å². The summed E-state index contributed by atoms with van der Waals surface area (Å²) >= 11 is 12.2. The normalized spacial score (nSPS) is 18.1. The third-order valence-electron chi connectivity index (χ3n) is 3.92. The molecule has 0 unspecified atom stereocenters. The fourth-order valence-corrected chi connectivity index (χ4v) is 3.00. The lowest BCUT2D eigenvalue weighted by molar-refractivity contribution is -0.127. The molecule has 0 aromatic heterocycles. The molecule has 2 N–H and O–H groups in total. The number of piperidine rings is 1. The van der Waals surface area contributed by atoms with Gasteiger partial charge in [-0.05, 0) is 44.5 Å². The number of carbonyl (C=O) groups is 1. The minimum Gasteiger partial charge on any atom is -0.323 e. The number of hydrogen-bond acceptors (Lipinski definition) is 2. The highest BCUT2D eigenvalue weighted by atomic mass is 35.5. The maximum absolute atomic E-state index is 12.6. The average molecular weight is 301 g/mol. The van der Waals surface area contributed by atoms with E-state index in [9.17, 15) is 4.79 Å². The minimum absolute atomic E-state index is 0.0199. The first kappa shape index (κ1) is 14.6. The van der Waals surface area contributed by atoms with Crippen molar-refractivity contribution in [2.75, 3.05) is 18.4 Å². The van der Waals surface area contributed by atoms with Crippen LogP contribution >= 0.6 is 23.2 Å². The van der Waals surface area contributed by atoms with Crippen LogP contribution < -0.4 is 10.6 Å². The summed E-state index contributed by atoms with van der Waals surface area (Å²) in [5.74, 6) is 0.0199. The van der Waals surface area contributed by atoms with Crippen LogP contribution in [0.25, 0.3) is 0 Å². The lowest BCUT2D eigenvalue weighted by atomic mass is 9.76. The highest BCUT2D eigenvalue weighted by molar-refractivity contribution is 6.39. The molecule has 1 heterocycles. The van der Waals surface area contributed by atoms with Crippen LogP contribution in [-0.4, -0.2) is 19.0 Å². The Morgan fingerprint density at radius 2 is 1.89 bits per heavy atom. The van der Waals surface area contributed by atoms with Gasteiger partial charge in [0.15, 0.2) is 0 Å². The zero-order chi connectivity index (χ0) is 13.9. The maximum atomic E-state index is 12.6. The molecule has 1 fully saturated rings. The third-order valence-corrected chi connectivity index (χ3v) is 4.55. The number of halogens is 2. The molecule has 0 aliphatic carbocycles. The minimum atomic E-state index is -0.312. The van der Waals surface area contributed by atoms with Crippen LogP contribution in [0.15, 0.2) is 18.2 Å². The summed E-state index contributed by atoms with van der Waals surface area (Å²) in [4.78, 5) is 12.6. The molecule has 0 spiro atoms. The van der Waals surface area contributed by atoms with Crippen LogP contribution in [0.3, 0.4) is 0 Å². The molecular formula is C14H18Cl2N2O. The van der Waals surface area contributed by atoms with E-state index >= 15 is 0 Å².